The maximum Gasteiger partial charge on any atom is 0.254 e. The lowest BCUT2D eigenvalue weighted by Crippen LogP contribution is -2.48. The summed E-state index contributed by atoms with van der Waals surface area (Å²) in [5, 5.41) is 12.9. The summed E-state index contributed by atoms with van der Waals surface area (Å²) < 4.78 is 23.3. The Kier molecular flexibility index (Phi) is 11.8. The second kappa shape index (κ2) is 17.1. The molecule has 0 bridgehead atoms. The Labute approximate surface area is 322 Å². The van der Waals surface area contributed by atoms with E-state index in [-0.39, 0.29) is 36.4 Å². The number of carbonyl (C=O) groups excluding carboxylic acids is 2. The van der Waals surface area contributed by atoms with Crippen LogP contribution in [0.1, 0.15) is 76.7 Å². The third kappa shape index (κ3) is 8.72. The smallest absolute Gasteiger partial charge is 0.254 e. The van der Waals surface area contributed by atoms with E-state index in [0.29, 0.717) is 43.3 Å². The fraction of sp³-hybridized carbons (Fsp3) is 0.395. The molecule has 4 heterocycles. The summed E-state index contributed by atoms with van der Waals surface area (Å²) in [6.07, 6.45) is 4.18. The third-order valence-electron chi connectivity index (χ3n) is 10.7. The van der Waals surface area contributed by atoms with Crippen LogP contribution in [-0.4, -0.2) is 81.3 Å². The maximum atomic E-state index is 15.7. The van der Waals surface area contributed by atoms with Gasteiger partial charge in [0.2, 0.25) is 5.91 Å². The van der Waals surface area contributed by atoms with Gasteiger partial charge in [-0.3, -0.25) is 14.5 Å². The zero-order valence-electron chi connectivity index (χ0n) is 32.0. The van der Waals surface area contributed by atoms with Gasteiger partial charge in [0.05, 0.1) is 23.8 Å². The van der Waals surface area contributed by atoms with Gasteiger partial charge in [0.25, 0.3) is 5.91 Å². The second-order valence-corrected chi connectivity index (χ2v) is 14.7. The molecule has 55 heavy (non-hydrogen) atoms. The van der Waals surface area contributed by atoms with E-state index < -0.39 is 5.91 Å². The molecule has 2 fully saturated rings. The van der Waals surface area contributed by atoms with E-state index in [9.17, 15) is 9.59 Å². The van der Waals surface area contributed by atoms with Gasteiger partial charge in [0.15, 0.2) is 5.65 Å². The Hall–Kier alpha value is -5.17. The molecule has 0 spiro atoms. The number of fused-ring (bicyclic) bond motifs is 1. The molecule has 3 aromatic carbocycles. The Morgan fingerprint density at radius 3 is 2.58 bits per heavy atom. The number of primary amides is 1. The molecule has 2 saturated heterocycles. The Morgan fingerprint density at radius 2 is 1.82 bits per heavy atom. The van der Waals surface area contributed by atoms with Crippen molar-refractivity contribution in [3.05, 3.63) is 112 Å². The van der Waals surface area contributed by atoms with Crippen LogP contribution in [0.25, 0.3) is 22.2 Å². The summed E-state index contributed by atoms with van der Waals surface area (Å²) in [7, 11) is 0. The summed E-state index contributed by atoms with van der Waals surface area (Å²) in [5.74, 6) is -1.23. The maximum absolute atomic E-state index is 15.7. The molecule has 11 nitrogen and oxygen atoms in total. The summed E-state index contributed by atoms with van der Waals surface area (Å²) in [6, 6.07) is 20.2. The molecule has 1 atom stereocenters. The topological polar surface area (TPSA) is 131 Å². The standard InChI is InChI=1S/C43H51FN8O3/c1-4-39-37(40(48-34-14-18-55-19-15-34)36-23-47-52(5-2)42(36)49-39)27-51(43(54)33-11-7-10-32(22-33)41(45)53)26-30-12-13-38(44)35(21-30)31-9-6-8-29(20-31)25-50-17-16-46-28(3)24-50/h6-13,20-23,28,34,46H,4-5,14-19,24-27H2,1-3H3,(H2,45,53)(H,48,49)/t28-/m0/s1. The van der Waals surface area contributed by atoms with Crippen molar-refractivity contribution in [2.24, 2.45) is 5.73 Å². The number of nitrogens with two attached hydrogens (primary N) is 1. The first-order valence-corrected chi connectivity index (χ1v) is 19.4. The van der Waals surface area contributed by atoms with Crippen LogP contribution in [0.3, 0.4) is 0 Å². The first-order chi connectivity index (χ1) is 26.7. The van der Waals surface area contributed by atoms with Crippen LogP contribution in [0.2, 0.25) is 0 Å². The Morgan fingerprint density at radius 1 is 1.02 bits per heavy atom. The fourth-order valence-corrected chi connectivity index (χ4v) is 7.82. The fourth-order valence-electron chi connectivity index (χ4n) is 7.82. The van der Waals surface area contributed by atoms with Crippen molar-refractivity contribution in [3.8, 4) is 11.1 Å². The lowest BCUT2D eigenvalue weighted by Gasteiger charge is -2.31. The molecule has 5 aromatic rings. The largest absolute Gasteiger partial charge is 0.381 e. The SMILES string of the molecule is CCc1nc2c(cnn2CC)c(NC2CCOCC2)c1CN(Cc1ccc(F)c(-c2cccc(CN3CCN[C@@H](C)C3)c2)c1)C(=O)c1cccc(C(N)=O)c1. The van der Waals surface area contributed by atoms with Crippen molar-refractivity contribution in [1.29, 1.82) is 0 Å². The highest BCUT2D eigenvalue weighted by atomic mass is 19.1. The van der Waals surface area contributed by atoms with Gasteiger partial charge in [0.1, 0.15) is 5.82 Å². The minimum absolute atomic E-state index is 0.176. The van der Waals surface area contributed by atoms with Crippen LogP contribution >= 0.6 is 0 Å². The van der Waals surface area contributed by atoms with E-state index in [1.54, 1.807) is 29.2 Å². The average Bonchev–Trinajstić information content (AvgIpc) is 3.62. The number of nitrogens with one attached hydrogen (secondary N) is 2. The van der Waals surface area contributed by atoms with Crippen molar-refractivity contribution in [2.75, 3.05) is 38.2 Å². The highest BCUT2D eigenvalue weighted by Gasteiger charge is 2.26. The molecule has 2 aliphatic rings. The zero-order valence-corrected chi connectivity index (χ0v) is 32.0. The predicted molar refractivity (Wildman–Crippen MR) is 213 cm³/mol. The minimum atomic E-state index is -0.614. The number of nitrogens with zero attached hydrogens (tertiary/aromatic N) is 5. The zero-order chi connectivity index (χ0) is 38.5. The molecular weight excluding hydrogens is 696 g/mol. The molecular formula is C43H51FN8O3. The molecule has 2 aliphatic heterocycles. The molecule has 12 heteroatoms. The highest BCUT2D eigenvalue weighted by molar-refractivity contribution is 5.99. The molecule has 0 saturated carbocycles. The number of hydrogen-bond donors (Lipinski definition) is 3. The molecule has 288 valence electrons. The van der Waals surface area contributed by atoms with E-state index in [1.165, 1.54) is 12.1 Å². The summed E-state index contributed by atoms with van der Waals surface area (Å²) in [6.45, 7) is 12.3. The predicted octanol–water partition coefficient (Wildman–Crippen LogP) is 6.15. The summed E-state index contributed by atoms with van der Waals surface area (Å²) in [5.41, 5.74) is 12.8. The second-order valence-electron chi connectivity index (χ2n) is 14.7. The summed E-state index contributed by atoms with van der Waals surface area (Å²) in [4.78, 5) is 36.1. The van der Waals surface area contributed by atoms with Gasteiger partial charge in [-0.1, -0.05) is 37.3 Å². The van der Waals surface area contributed by atoms with Gasteiger partial charge in [-0.25, -0.2) is 14.1 Å². The van der Waals surface area contributed by atoms with Crippen molar-refractivity contribution in [3.63, 3.8) is 0 Å². The number of carbonyl (C=O) groups is 2. The number of pyridine rings is 1. The number of anilines is 1. The molecule has 0 unspecified atom stereocenters. The summed E-state index contributed by atoms with van der Waals surface area (Å²) >= 11 is 0. The first-order valence-electron chi connectivity index (χ1n) is 19.4. The number of aromatic nitrogens is 3. The molecule has 0 aliphatic carbocycles. The van der Waals surface area contributed by atoms with Crippen LogP contribution in [0, 0.1) is 5.82 Å². The van der Waals surface area contributed by atoms with Crippen molar-refractivity contribution < 1.29 is 18.7 Å². The normalized spacial score (nSPS) is 16.7. The third-order valence-corrected chi connectivity index (χ3v) is 10.7. The molecule has 0 radical (unpaired) electrons. The van der Waals surface area contributed by atoms with Gasteiger partial charge in [0, 0.05) is 92.5 Å². The van der Waals surface area contributed by atoms with Gasteiger partial charge in [-0.2, -0.15) is 5.10 Å². The molecule has 2 aromatic heterocycles. The van der Waals surface area contributed by atoms with Gasteiger partial charge in [-0.05, 0) is 86.2 Å². The van der Waals surface area contributed by atoms with Crippen LogP contribution in [-0.2, 0) is 37.3 Å². The van der Waals surface area contributed by atoms with Gasteiger partial charge >= 0.3 is 0 Å². The number of rotatable bonds is 13. The lowest BCUT2D eigenvalue weighted by molar-refractivity contribution is 0.0729. The van der Waals surface area contributed by atoms with Crippen LogP contribution < -0.4 is 16.4 Å². The minimum Gasteiger partial charge on any atom is -0.381 e. The average molecular weight is 747 g/mol. The lowest BCUT2D eigenvalue weighted by atomic mass is 9.99. The van der Waals surface area contributed by atoms with Crippen LogP contribution in [0.4, 0.5) is 10.1 Å². The number of ether oxygens (including phenoxy) is 1. The van der Waals surface area contributed by atoms with E-state index in [4.69, 9.17) is 15.5 Å². The quantitative estimate of drug-likeness (QED) is 0.131. The van der Waals surface area contributed by atoms with E-state index >= 15 is 4.39 Å². The number of hydrogen-bond acceptors (Lipinski definition) is 8. The molecule has 7 rings (SSSR count). The van der Waals surface area contributed by atoms with Gasteiger partial charge in [-0.15, -0.1) is 0 Å². The number of halogens is 1. The van der Waals surface area contributed by atoms with Crippen LogP contribution in [0.5, 0.6) is 0 Å². The van der Waals surface area contributed by atoms with Crippen LogP contribution in [0.15, 0.2) is 72.9 Å². The molecule has 2 amide bonds. The van der Waals surface area contributed by atoms with E-state index in [0.717, 1.165) is 83.7 Å². The number of aryl methyl sites for hydroxylation is 2. The number of piperazine rings is 1. The van der Waals surface area contributed by atoms with Gasteiger partial charge < -0.3 is 26.0 Å². The van der Waals surface area contributed by atoms with Crippen molar-refractivity contribution in [2.45, 2.75) is 78.3 Å². The number of benzene rings is 3. The highest BCUT2D eigenvalue weighted by Crippen LogP contribution is 2.34. The Bertz CT molecular complexity index is 2160. The Balaban J connectivity index is 1.27. The van der Waals surface area contributed by atoms with E-state index in [1.807, 2.05) is 36.0 Å². The van der Waals surface area contributed by atoms with Crippen molar-refractivity contribution in [1.82, 2.24) is 29.9 Å². The monoisotopic (exact) mass is 746 g/mol. The molecule has 4 N–H and O–H groups in total. The first kappa shape index (κ1) is 38.1. The number of amides is 2. The van der Waals surface area contributed by atoms with E-state index in [2.05, 4.69) is 46.6 Å². The van der Waals surface area contributed by atoms with Crippen molar-refractivity contribution >= 4 is 28.5 Å².